The summed E-state index contributed by atoms with van der Waals surface area (Å²) in [5.41, 5.74) is 1.41. The molecule has 0 aliphatic carbocycles. The highest BCUT2D eigenvalue weighted by Crippen LogP contribution is 2.31. The van der Waals surface area contributed by atoms with Gasteiger partial charge < -0.3 is 9.64 Å². The van der Waals surface area contributed by atoms with Gasteiger partial charge in [-0.05, 0) is 48.5 Å². The Kier molecular flexibility index (Phi) is 4.97. The van der Waals surface area contributed by atoms with Gasteiger partial charge in [0.15, 0.2) is 0 Å². The lowest BCUT2D eigenvalue weighted by Gasteiger charge is -2.17. The van der Waals surface area contributed by atoms with Crippen LogP contribution in [0.25, 0.3) is 0 Å². The average Bonchev–Trinajstić information content (AvgIpc) is 3.32. The number of rotatable bonds is 4. The third-order valence-electron chi connectivity index (χ3n) is 5.68. The van der Waals surface area contributed by atoms with Crippen LogP contribution < -0.4 is 14.5 Å². The van der Waals surface area contributed by atoms with Crippen molar-refractivity contribution in [2.24, 2.45) is 5.92 Å². The van der Waals surface area contributed by atoms with E-state index in [1.54, 1.807) is 36.4 Å². The smallest absolute Gasteiger partial charge is 0.316 e. The molecule has 0 saturated carbocycles. The number of carbonyl (C=O) groups excluding carboxylic acids is 4. The minimum Gasteiger partial charge on any atom is -0.426 e. The van der Waals surface area contributed by atoms with Crippen LogP contribution in [-0.2, 0) is 9.59 Å². The monoisotopic (exact) mass is 444 g/mol. The van der Waals surface area contributed by atoms with E-state index in [4.69, 9.17) is 4.74 Å². The summed E-state index contributed by atoms with van der Waals surface area (Å²) in [5.74, 6) is -2.73. The zero-order valence-electron chi connectivity index (χ0n) is 17.2. The molecule has 2 aliphatic rings. The van der Waals surface area contributed by atoms with Gasteiger partial charge in [0.05, 0.1) is 22.7 Å². The molecule has 1 atom stereocenters. The number of hydrogen-bond acceptors (Lipinski definition) is 5. The predicted octanol–water partition coefficient (Wildman–Crippen LogP) is 3.58. The largest absolute Gasteiger partial charge is 0.426 e. The van der Waals surface area contributed by atoms with Crippen molar-refractivity contribution in [3.63, 3.8) is 0 Å². The highest BCUT2D eigenvalue weighted by Gasteiger charge is 2.38. The molecule has 0 bridgehead atoms. The van der Waals surface area contributed by atoms with Crippen LogP contribution in [0.1, 0.15) is 27.1 Å². The Morgan fingerprint density at radius 1 is 0.848 bits per heavy atom. The van der Waals surface area contributed by atoms with Gasteiger partial charge in [0.2, 0.25) is 5.91 Å². The van der Waals surface area contributed by atoms with E-state index in [-0.39, 0.29) is 30.3 Å². The molecule has 7 nitrogen and oxygen atoms in total. The molecular weight excluding hydrogens is 427 g/mol. The van der Waals surface area contributed by atoms with Crippen LogP contribution in [0.4, 0.5) is 15.8 Å². The molecule has 2 heterocycles. The summed E-state index contributed by atoms with van der Waals surface area (Å²) in [6.45, 7) is 0.112. The van der Waals surface area contributed by atoms with Crippen molar-refractivity contribution in [1.82, 2.24) is 0 Å². The molecule has 8 heteroatoms. The maximum absolute atomic E-state index is 13.2. The lowest BCUT2D eigenvalue weighted by molar-refractivity contribution is -0.139. The van der Waals surface area contributed by atoms with Gasteiger partial charge in [-0.25, -0.2) is 9.29 Å². The average molecular weight is 444 g/mol. The second kappa shape index (κ2) is 7.98. The summed E-state index contributed by atoms with van der Waals surface area (Å²) in [5, 5.41) is 0. The summed E-state index contributed by atoms with van der Waals surface area (Å²) in [4.78, 5) is 53.0. The van der Waals surface area contributed by atoms with Gasteiger partial charge >= 0.3 is 5.97 Å². The molecule has 5 rings (SSSR count). The molecule has 0 N–H and O–H groups in total. The standard InChI is InChI=1S/C25H17FN2O5/c26-16-8-10-17(11-9-16)27-14-15(12-22(27)29)25(32)33-19-5-3-4-18(13-19)28-23(30)20-6-1-2-7-21(20)24(28)31/h1-11,13,15H,12,14H2/t15-/m0/s1. The van der Waals surface area contributed by atoms with E-state index in [0.717, 1.165) is 4.90 Å². The van der Waals surface area contributed by atoms with Crippen molar-refractivity contribution in [3.8, 4) is 5.75 Å². The Morgan fingerprint density at radius 2 is 1.52 bits per heavy atom. The van der Waals surface area contributed by atoms with Gasteiger partial charge in [0.1, 0.15) is 11.6 Å². The topological polar surface area (TPSA) is 84.0 Å². The number of halogens is 1. The minimum atomic E-state index is -0.703. The molecule has 0 aromatic heterocycles. The number of benzene rings is 3. The summed E-state index contributed by atoms with van der Waals surface area (Å²) in [7, 11) is 0. The first-order valence-electron chi connectivity index (χ1n) is 10.3. The summed E-state index contributed by atoms with van der Waals surface area (Å²) in [6.07, 6.45) is -0.0334. The summed E-state index contributed by atoms with van der Waals surface area (Å²) < 4.78 is 18.6. The lowest BCUT2D eigenvalue weighted by atomic mass is 10.1. The minimum absolute atomic E-state index is 0.0334. The van der Waals surface area contributed by atoms with E-state index in [9.17, 15) is 23.6 Å². The number of imide groups is 1. The number of nitrogens with zero attached hydrogens (tertiary/aromatic N) is 2. The second-order valence-electron chi connectivity index (χ2n) is 7.79. The Bertz CT molecular complexity index is 1270. The fraction of sp³-hybridized carbons (Fsp3) is 0.120. The fourth-order valence-electron chi connectivity index (χ4n) is 4.05. The Balaban J connectivity index is 1.31. The number of anilines is 2. The van der Waals surface area contributed by atoms with E-state index >= 15 is 0 Å². The molecule has 2 aliphatic heterocycles. The van der Waals surface area contributed by atoms with E-state index in [1.165, 1.54) is 41.3 Å². The molecule has 164 valence electrons. The van der Waals surface area contributed by atoms with Crippen molar-refractivity contribution in [1.29, 1.82) is 0 Å². The predicted molar refractivity (Wildman–Crippen MR) is 117 cm³/mol. The van der Waals surface area contributed by atoms with Crippen molar-refractivity contribution < 1.29 is 28.3 Å². The van der Waals surface area contributed by atoms with Crippen molar-refractivity contribution >= 4 is 35.1 Å². The third kappa shape index (κ3) is 3.65. The first kappa shape index (κ1) is 20.6. The number of carbonyl (C=O) groups is 4. The first-order valence-corrected chi connectivity index (χ1v) is 10.3. The third-order valence-corrected chi connectivity index (χ3v) is 5.68. The van der Waals surface area contributed by atoms with Gasteiger partial charge in [-0.15, -0.1) is 0 Å². The van der Waals surface area contributed by atoms with Crippen LogP contribution in [0.5, 0.6) is 5.75 Å². The van der Waals surface area contributed by atoms with E-state index < -0.39 is 29.5 Å². The van der Waals surface area contributed by atoms with Crippen LogP contribution in [0.2, 0.25) is 0 Å². The highest BCUT2D eigenvalue weighted by atomic mass is 19.1. The van der Waals surface area contributed by atoms with Gasteiger partial charge in [-0.2, -0.15) is 0 Å². The Labute approximate surface area is 188 Å². The van der Waals surface area contributed by atoms with E-state index in [2.05, 4.69) is 0 Å². The SMILES string of the molecule is O=C(Oc1cccc(N2C(=O)c3ccccc3C2=O)c1)[C@H]1CC(=O)N(c2ccc(F)cc2)C1. The summed E-state index contributed by atoms with van der Waals surface area (Å²) in [6, 6.07) is 18.1. The Morgan fingerprint density at radius 3 is 2.18 bits per heavy atom. The molecule has 33 heavy (non-hydrogen) atoms. The van der Waals surface area contributed by atoms with Crippen molar-refractivity contribution in [2.75, 3.05) is 16.3 Å². The van der Waals surface area contributed by atoms with Crippen LogP contribution >= 0.6 is 0 Å². The molecule has 1 fully saturated rings. The molecule has 0 radical (unpaired) electrons. The Hall–Kier alpha value is -4.33. The van der Waals surface area contributed by atoms with Crippen LogP contribution in [0, 0.1) is 11.7 Å². The number of amides is 3. The van der Waals surface area contributed by atoms with Gasteiger partial charge in [0.25, 0.3) is 11.8 Å². The first-order chi connectivity index (χ1) is 15.9. The van der Waals surface area contributed by atoms with Crippen molar-refractivity contribution in [3.05, 3.63) is 89.7 Å². The molecule has 3 aromatic rings. The second-order valence-corrected chi connectivity index (χ2v) is 7.79. The molecule has 0 spiro atoms. The van der Waals surface area contributed by atoms with E-state index in [0.29, 0.717) is 16.8 Å². The fourth-order valence-corrected chi connectivity index (χ4v) is 4.05. The number of hydrogen-bond donors (Lipinski definition) is 0. The highest BCUT2D eigenvalue weighted by molar-refractivity contribution is 6.34. The summed E-state index contributed by atoms with van der Waals surface area (Å²) >= 11 is 0. The van der Waals surface area contributed by atoms with Gasteiger partial charge in [-0.3, -0.25) is 19.2 Å². The van der Waals surface area contributed by atoms with Crippen LogP contribution in [-0.4, -0.2) is 30.2 Å². The normalized spacial score (nSPS) is 17.5. The molecule has 1 saturated heterocycles. The number of esters is 1. The number of ether oxygens (including phenoxy) is 1. The van der Waals surface area contributed by atoms with Crippen molar-refractivity contribution in [2.45, 2.75) is 6.42 Å². The van der Waals surface area contributed by atoms with E-state index in [1.807, 2.05) is 0 Å². The molecule has 3 amide bonds. The van der Waals surface area contributed by atoms with Crippen LogP contribution in [0.15, 0.2) is 72.8 Å². The number of fused-ring (bicyclic) bond motifs is 1. The maximum Gasteiger partial charge on any atom is 0.316 e. The molecule has 3 aromatic carbocycles. The quantitative estimate of drug-likeness (QED) is 0.349. The zero-order chi connectivity index (χ0) is 23.1. The zero-order valence-corrected chi connectivity index (χ0v) is 17.2. The van der Waals surface area contributed by atoms with Crippen LogP contribution in [0.3, 0.4) is 0 Å². The molecule has 0 unspecified atom stereocenters. The lowest BCUT2D eigenvalue weighted by Crippen LogP contribution is -2.29. The van der Waals surface area contributed by atoms with Gasteiger partial charge in [-0.1, -0.05) is 18.2 Å². The van der Waals surface area contributed by atoms with Gasteiger partial charge in [0, 0.05) is 24.7 Å². The maximum atomic E-state index is 13.2. The molecular formula is C25H17FN2O5.